The summed E-state index contributed by atoms with van der Waals surface area (Å²) in [6.07, 6.45) is 7.52. The summed E-state index contributed by atoms with van der Waals surface area (Å²) in [7, 11) is 0. The third kappa shape index (κ3) is 1.30. The van der Waals surface area contributed by atoms with E-state index in [2.05, 4.69) is 6.92 Å². The maximum Gasteiger partial charge on any atom is 0.135 e. The van der Waals surface area contributed by atoms with Crippen LogP contribution in [0.3, 0.4) is 0 Å². The van der Waals surface area contributed by atoms with E-state index in [4.69, 9.17) is 0 Å². The van der Waals surface area contributed by atoms with Crippen LogP contribution in [0.25, 0.3) is 0 Å². The zero-order chi connectivity index (χ0) is 8.55. The van der Waals surface area contributed by atoms with Crippen molar-refractivity contribution in [1.82, 2.24) is 0 Å². The van der Waals surface area contributed by atoms with Gasteiger partial charge in [-0.1, -0.05) is 26.2 Å². The second kappa shape index (κ2) is 3.20. The van der Waals surface area contributed by atoms with Gasteiger partial charge in [0.15, 0.2) is 0 Å². The van der Waals surface area contributed by atoms with E-state index in [1.165, 1.54) is 32.1 Å². The number of carbonyl (C=O) groups excluding carboxylic acids is 1. The van der Waals surface area contributed by atoms with Gasteiger partial charge in [0.25, 0.3) is 0 Å². The smallest absolute Gasteiger partial charge is 0.135 e. The highest BCUT2D eigenvalue weighted by atomic mass is 16.1. The minimum absolute atomic E-state index is 0.379. The third-order valence-corrected chi connectivity index (χ3v) is 3.88. The lowest BCUT2D eigenvalue weighted by Gasteiger charge is -2.38. The second-order valence-corrected chi connectivity index (χ2v) is 4.50. The molecule has 0 amide bonds. The first kappa shape index (κ1) is 8.28. The third-order valence-electron chi connectivity index (χ3n) is 3.88. The van der Waals surface area contributed by atoms with Crippen LogP contribution in [0, 0.1) is 17.8 Å². The first-order valence-electron chi connectivity index (χ1n) is 5.32. The molecule has 0 unspecified atom stereocenters. The molecule has 1 heteroatoms. The van der Waals surface area contributed by atoms with Crippen LogP contribution in [0.2, 0.25) is 0 Å². The highest BCUT2D eigenvalue weighted by Gasteiger charge is 2.36. The Bertz CT molecular complexity index is 185. The molecule has 2 aliphatic carbocycles. The largest absolute Gasteiger partial charge is 0.299 e. The molecule has 1 nitrogen and oxygen atoms in total. The van der Waals surface area contributed by atoms with Crippen LogP contribution in [0.15, 0.2) is 0 Å². The molecule has 0 radical (unpaired) electrons. The normalized spacial score (nSPS) is 42.4. The van der Waals surface area contributed by atoms with Crippen molar-refractivity contribution < 1.29 is 4.79 Å². The minimum Gasteiger partial charge on any atom is -0.299 e. The highest BCUT2D eigenvalue weighted by molar-refractivity contribution is 5.81. The molecule has 0 spiro atoms. The second-order valence-electron chi connectivity index (χ2n) is 4.50. The Kier molecular flexibility index (Phi) is 2.20. The molecule has 0 aromatic heterocycles. The SMILES string of the molecule is C[C@@H]1C(=O)CC[C@@H]2CCCC[C@@H]21. The van der Waals surface area contributed by atoms with Gasteiger partial charge in [-0.25, -0.2) is 0 Å². The molecule has 0 bridgehead atoms. The van der Waals surface area contributed by atoms with E-state index in [0.717, 1.165) is 18.3 Å². The summed E-state index contributed by atoms with van der Waals surface area (Å²) in [5.74, 6) is 2.55. The number of carbonyl (C=O) groups is 1. The van der Waals surface area contributed by atoms with E-state index >= 15 is 0 Å². The Morgan fingerprint density at radius 2 is 1.92 bits per heavy atom. The van der Waals surface area contributed by atoms with Gasteiger partial charge in [0.2, 0.25) is 0 Å². The van der Waals surface area contributed by atoms with Gasteiger partial charge in [0.1, 0.15) is 5.78 Å². The van der Waals surface area contributed by atoms with Crippen molar-refractivity contribution in [3.63, 3.8) is 0 Å². The molecular formula is C11H18O. The van der Waals surface area contributed by atoms with Gasteiger partial charge < -0.3 is 0 Å². The summed E-state index contributed by atoms with van der Waals surface area (Å²) >= 11 is 0. The van der Waals surface area contributed by atoms with Crippen LogP contribution in [0.4, 0.5) is 0 Å². The van der Waals surface area contributed by atoms with E-state index in [-0.39, 0.29) is 0 Å². The summed E-state index contributed by atoms with van der Waals surface area (Å²) < 4.78 is 0. The number of hydrogen-bond acceptors (Lipinski definition) is 1. The summed E-state index contributed by atoms with van der Waals surface area (Å²) in [6.45, 7) is 2.14. The molecule has 68 valence electrons. The lowest BCUT2D eigenvalue weighted by atomic mass is 9.66. The van der Waals surface area contributed by atoms with Gasteiger partial charge in [0, 0.05) is 12.3 Å². The number of hydrogen-bond donors (Lipinski definition) is 0. The average molecular weight is 166 g/mol. The van der Waals surface area contributed by atoms with E-state index in [1.807, 2.05) is 0 Å². The average Bonchev–Trinajstić information content (AvgIpc) is 2.12. The Labute approximate surface area is 74.5 Å². The lowest BCUT2D eigenvalue weighted by molar-refractivity contribution is -0.128. The van der Waals surface area contributed by atoms with Crippen molar-refractivity contribution in [2.45, 2.75) is 45.4 Å². The maximum atomic E-state index is 11.4. The Hall–Kier alpha value is -0.330. The zero-order valence-electron chi connectivity index (χ0n) is 7.88. The fourth-order valence-electron chi connectivity index (χ4n) is 3.05. The summed E-state index contributed by atoms with van der Waals surface area (Å²) in [5.41, 5.74) is 0. The van der Waals surface area contributed by atoms with Gasteiger partial charge >= 0.3 is 0 Å². The van der Waals surface area contributed by atoms with Crippen molar-refractivity contribution in [1.29, 1.82) is 0 Å². The maximum absolute atomic E-state index is 11.4. The topological polar surface area (TPSA) is 17.1 Å². The van der Waals surface area contributed by atoms with Gasteiger partial charge in [-0.05, 0) is 24.7 Å². The van der Waals surface area contributed by atoms with Crippen LogP contribution in [0.5, 0.6) is 0 Å². The van der Waals surface area contributed by atoms with Crippen molar-refractivity contribution in [2.24, 2.45) is 17.8 Å². The number of ketones is 1. The standard InChI is InChI=1S/C11H18O/c1-8-10-5-3-2-4-9(10)6-7-11(8)12/h8-10H,2-7H2,1H3/t8-,9-,10+/m0/s1. The summed E-state index contributed by atoms with van der Waals surface area (Å²) in [5, 5.41) is 0. The van der Waals surface area contributed by atoms with Crippen LogP contribution in [-0.4, -0.2) is 5.78 Å². The molecule has 0 aromatic carbocycles. The van der Waals surface area contributed by atoms with E-state index in [0.29, 0.717) is 11.7 Å². The van der Waals surface area contributed by atoms with Gasteiger partial charge in [-0.15, -0.1) is 0 Å². The van der Waals surface area contributed by atoms with Gasteiger partial charge in [-0.3, -0.25) is 4.79 Å². The number of rotatable bonds is 0. The summed E-state index contributed by atoms with van der Waals surface area (Å²) in [6, 6.07) is 0. The fraction of sp³-hybridized carbons (Fsp3) is 0.909. The molecule has 0 aromatic rings. The van der Waals surface area contributed by atoms with Crippen LogP contribution >= 0.6 is 0 Å². The van der Waals surface area contributed by atoms with Crippen molar-refractivity contribution in [2.75, 3.05) is 0 Å². The molecule has 2 rings (SSSR count). The number of fused-ring (bicyclic) bond motifs is 1. The molecule has 2 aliphatic rings. The molecule has 2 saturated carbocycles. The molecule has 0 heterocycles. The highest BCUT2D eigenvalue weighted by Crippen LogP contribution is 2.41. The predicted molar refractivity (Wildman–Crippen MR) is 48.9 cm³/mol. The fourth-order valence-corrected chi connectivity index (χ4v) is 3.05. The van der Waals surface area contributed by atoms with Crippen molar-refractivity contribution >= 4 is 5.78 Å². The first-order valence-corrected chi connectivity index (χ1v) is 5.32. The van der Waals surface area contributed by atoms with Crippen LogP contribution in [-0.2, 0) is 4.79 Å². The predicted octanol–water partition coefficient (Wildman–Crippen LogP) is 2.79. The Morgan fingerprint density at radius 1 is 1.17 bits per heavy atom. The van der Waals surface area contributed by atoms with Gasteiger partial charge in [0.05, 0.1) is 0 Å². The monoisotopic (exact) mass is 166 g/mol. The molecule has 2 fully saturated rings. The zero-order valence-corrected chi connectivity index (χ0v) is 7.88. The minimum atomic E-state index is 0.379. The molecular weight excluding hydrogens is 148 g/mol. The quantitative estimate of drug-likeness (QED) is 0.541. The van der Waals surface area contributed by atoms with Crippen LogP contribution < -0.4 is 0 Å². The van der Waals surface area contributed by atoms with Crippen LogP contribution in [0.1, 0.15) is 45.4 Å². The summed E-state index contributed by atoms with van der Waals surface area (Å²) in [4.78, 5) is 11.4. The molecule has 3 atom stereocenters. The van der Waals surface area contributed by atoms with E-state index in [1.54, 1.807) is 0 Å². The van der Waals surface area contributed by atoms with E-state index in [9.17, 15) is 4.79 Å². The molecule has 0 N–H and O–H groups in total. The Balaban J connectivity index is 2.08. The molecule has 0 aliphatic heterocycles. The van der Waals surface area contributed by atoms with Crippen molar-refractivity contribution in [3.8, 4) is 0 Å². The lowest BCUT2D eigenvalue weighted by Crippen LogP contribution is -2.35. The first-order chi connectivity index (χ1) is 5.79. The molecule has 0 saturated heterocycles. The molecule has 12 heavy (non-hydrogen) atoms. The number of Topliss-reactive ketones (excluding diaryl/α,β-unsaturated/α-hetero) is 1. The van der Waals surface area contributed by atoms with Crippen molar-refractivity contribution in [3.05, 3.63) is 0 Å². The van der Waals surface area contributed by atoms with Gasteiger partial charge in [-0.2, -0.15) is 0 Å². The Morgan fingerprint density at radius 3 is 2.75 bits per heavy atom. The van der Waals surface area contributed by atoms with E-state index < -0.39 is 0 Å².